The van der Waals surface area contributed by atoms with Crippen LogP contribution in [0.4, 0.5) is 10.8 Å². The standard InChI is InChI=1S/C19H20N4O4S2/c1-4-23(14-9-7-8-13(2)12-14)29(25,26)19-22-21-18(28-19)20-17(24)15-10-5-6-11-16(15)27-3/h5-12H,4H2,1-3H3,(H,20,21,24). The van der Waals surface area contributed by atoms with Crippen molar-refractivity contribution in [3.63, 3.8) is 0 Å². The van der Waals surface area contributed by atoms with E-state index < -0.39 is 15.9 Å². The summed E-state index contributed by atoms with van der Waals surface area (Å²) in [6.45, 7) is 3.86. The number of hydrogen-bond acceptors (Lipinski definition) is 7. The first-order chi connectivity index (χ1) is 13.9. The third kappa shape index (κ3) is 4.38. The summed E-state index contributed by atoms with van der Waals surface area (Å²) in [5.74, 6) is -0.0625. The second-order valence-corrected chi connectivity index (χ2v) is 9.05. The molecule has 10 heteroatoms. The summed E-state index contributed by atoms with van der Waals surface area (Å²) in [5.41, 5.74) is 1.80. The Bertz CT molecular complexity index is 1130. The van der Waals surface area contributed by atoms with Gasteiger partial charge in [-0.1, -0.05) is 35.6 Å². The van der Waals surface area contributed by atoms with Crippen molar-refractivity contribution in [1.29, 1.82) is 0 Å². The average molecular weight is 433 g/mol. The molecule has 1 amide bonds. The molecule has 2 aromatic carbocycles. The molecule has 8 nitrogen and oxygen atoms in total. The summed E-state index contributed by atoms with van der Waals surface area (Å²) in [5, 5.41) is 10.3. The predicted octanol–water partition coefficient (Wildman–Crippen LogP) is 3.32. The van der Waals surface area contributed by atoms with Crippen LogP contribution >= 0.6 is 11.3 Å². The smallest absolute Gasteiger partial charge is 0.293 e. The predicted molar refractivity (Wildman–Crippen MR) is 112 cm³/mol. The highest BCUT2D eigenvalue weighted by Gasteiger charge is 2.28. The Morgan fingerprint density at radius 1 is 1.17 bits per heavy atom. The first-order valence-corrected chi connectivity index (χ1v) is 11.0. The largest absolute Gasteiger partial charge is 0.496 e. The summed E-state index contributed by atoms with van der Waals surface area (Å²) in [6, 6.07) is 13.9. The molecule has 1 N–H and O–H groups in total. The summed E-state index contributed by atoms with van der Waals surface area (Å²) >= 11 is 0.794. The molecule has 3 rings (SSSR count). The van der Waals surface area contributed by atoms with Gasteiger partial charge in [0.15, 0.2) is 0 Å². The Labute approximate surface area is 173 Å². The Morgan fingerprint density at radius 3 is 2.62 bits per heavy atom. The van der Waals surface area contributed by atoms with Gasteiger partial charge in [0.25, 0.3) is 20.3 Å². The molecular formula is C19H20N4O4S2. The molecule has 0 radical (unpaired) electrons. The quantitative estimate of drug-likeness (QED) is 0.575. The van der Waals surface area contributed by atoms with Gasteiger partial charge in [0.05, 0.1) is 18.4 Å². The maximum Gasteiger partial charge on any atom is 0.293 e. The monoisotopic (exact) mass is 432 g/mol. The minimum absolute atomic E-state index is 0.0831. The van der Waals surface area contributed by atoms with Crippen LogP contribution in [0.1, 0.15) is 22.8 Å². The molecule has 152 valence electrons. The molecule has 0 bridgehead atoms. The lowest BCUT2D eigenvalue weighted by Crippen LogP contribution is -2.30. The van der Waals surface area contributed by atoms with Crippen molar-refractivity contribution in [2.24, 2.45) is 0 Å². The SMILES string of the molecule is CCN(c1cccc(C)c1)S(=O)(=O)c1nnc(NC(=O)c2ccccc2OC)s1. The number of aryl methyl sites for hydroxylation is 1. The molecule has 0 saturated carbocycles. The Morgan fingerprint density at radius 2 is 1.93 bits per heavy atom. The van der Waals surface area contributed by atoms with E-state index in [1.165, 1.54) is 11.4 Å². The van der Waals surface area contributed by atoms with Crippen LogP contribution < -0.4 is 14.4 Å². The van der Waals surface area contributed by atoms with Gasteiger partial charge in [0.1, 0.15) is 5.75 Å². The van der Waals surface area contributed by atoms with Gasteiger partial charge in [-0.25, -0.2) is 0 Å². The van der Waals surface area contributed by atoms with Crippen LogP contribution in [0.15, 0.2) is 52.9 Å². The van der Waals surface area contributed by atoms with Gasteiger partial charge < -0.3 is 4.74 Å². The number of nitrogens with one attached hydrogen (secondary N) is 1. The van der Waals surface area contributed by atoms with E-state index >= 15 is 0 Å². The van der Waals surface area contributed by atoms with E-state index in [1.807, 2.05) is 13.0 Å². The molecule has 3 aromatic rings. The number of rotatable bonds is 7. The molecule has 0 aliphatic heterocycles. The normalized spacial score (nSPS) is 11.1. The number of methoxy groups -OCH3 is 1. The third-order valence-electron chi connectivity index (χ3n) is 4.07. The number of hydrogen-bond donors (Lipinski definition) is 1. The van der Waals surface area contributed by atoms with E-state index in [1.54, 1.807) is 49.4 Å². The number of amides is 1. The van der Waals surface area contributed by atoms with E-state index in [0.29, 0.717) is 17.0 Å². The summed E-state index contributed by atoms with van der Waals surface area (Å²) in [4.78, 5) is 12.5. The second-order valence-electron chi connectivity index (χ2n) is 6.04. The number of sulfonamides is 1. The van der Waals surface area contributed by atoms with Gasteiger partial charge in [-0.05, 0) is 43.7 Å². The number of anilines is 2. The first-order valence-electron chi connectivity index (χ1n) is 8.74. The van der Waals surface area contributed by atoms with Crippen molar-refractivity contribution >= 4 is 38.1 Å². The summed E-state index contributed by atoms with van der Waals surface area (Å²) < 4.78 is 32.3. The number of para-hydroxylation sites is 1. The lowest BCUT2D eigenvalue weighted by molar-refractivity contribution is 0.102. The molecule has 0 atom stereocenters. The maximum absolute atomic E-state index is 13.0. The van der Waals surface area contributed by atoms with Crippen LogP contribution in [0.3, 0.4) is 0 Å². The van der Waals surface area contributed by atoms with E-state index in [2.05, 4.69) is 15.5 Å². The van der Waals surface area contributed by atoms with E-state index in [9.17, 15) is 13.2 Å². The number of ether oxygens (including phenoxy) is 1. The zero-order chi connectivity index (χ0) is 21.0. The topological polar surface area (TPSA) is 101 Å². The second kappa shape index (κ2) is 8.58. The molecule has 0 saturated heterocycles. The van der Waals surface area contributed by atoms with Crippen LogP contribution in [0.5, 0.6) is 5.75 Å². The Hall–Kier alpha value is -2.98. The minimum atomic E-state index is -3.91. The lowest BCUT2D eigenvalue weighted by atomic mass is 10.2. The molecule has 1 aromatic heterocycles. The Balaban J connectivity index is 1.85. The molecular weight excluding hydrogens is 412 g/mol. The number of nitrogens with zero attached hydrogens (tertiary/aromatic N) is 3. The zero-order valence-electron chi connectivity index (χ0n) is 16.1. The van der Waals surface area contributed by atoms with Crippen LogP contribution in [0.25, 0.3) is 0 Å². The fourth-order valence-corrected chi connectivity index (χ4v) is 5.19. The van der Waals surface area contributed by atoms with Crippen molar-refractivity contribution < 1.29 is 17.9 Å². The maximum atomic E-state index is 13.0. The molecule has 1 heterocycles. The van der Waals surface area contributed by atoms with E-state index in [0.717, 1.165) is 16.9 Å². The lowest BCUT2D eigenvalue weighted by Gasteiger charge is -2.21. The number of carbonyl (C=O) groups is 1. The summed E-state index contributed by atoms with van der Waals surface area (Å²) in [7, 11) is -2.45. The minimum Gasteiger partial charge on any atom is -0.496 e. The van der Waals surface area contributed by atoms with Gasteiger partial charge >= 0.3 is 0 Å². The number of aromatic nitrogens is 2. The van der Waals surface area contributed by atoms with Gasteiger partial charge in [0.2, 0.25) is 5.13 Å². The first kappa shape index (κ1) is 20.7. The molecule has 0 spiro atoms. The van der Waals surface area contributed by atoms with Gasteiger partial charge in [-0.15, -0.1) is 10.2 Å². The molecule has 0 fully saturated rings. The molecule has 0 unspecified atom stereocenters. The number of carbonyl (C=O) groups excluding carboxylic acids is 1. The van der Waals surface area contributed by atoms with Gasteiger partial charge in [-0.3, -0.25) is 14.4 Å². The Kier molecular flexibility index (Phi) is 6.14. The van der Waals surface area contributed by atoms with Crippen LogP contribution in [-0.2, 0) is 10.0 Å². The van der Waals surface area contributed by atoms with Crippen molar-refractivity contribution in [2.75, 3.05) is 23.3 Å². The van der Waals surface area contributed by atoms with Crippen molar-refractivity contribution in [3.8, 4) is 5.75 Å². The highest BCUT2D eigenvalue weighted by atomic mass is 32.2. The van der Waals surface area contributed by atoms with Crippen molar-refractivity contribution in [3.05, 3.63) is 59.7 Å². The fraction of sp³-hybridized carbons (Fsp3) is 0.211. The van der Waals surface area contributed by atoms with Gasteiger partial charge in [0, 0.05) is 6.54 Å². The molecule has 0 aliphatic carbocycles. The van der Waals surface area contributed by atoms with Crippen molar-refractivity contribution in [2.45, 2.75) is 18.2 Å². The third-order valence-corrected chi connectivity index (χ3v) is 7.15. The van der Waals surface area contributed by atoms with Gasteiger partial charge in [-0.2, -0.15) is 8.42 Å². The average Bonchev–Trinajstić information content (AvgIpc) is 3.17. The van der Waals surface area contributed by atoms with E-state index in [4.69, 9.17) is 4.74 Å². The highest BCUT2D eigenvalue weighted by Crippen LogP contribution is 2.28. The number of benzene rings is 2. The van der Waals surface area contributed by atoms with Crippen LogP contribution in [0.2, 0.25) is 0 Å². The van der Waals surface area contributed by atoms with Crippen molar-refractivity contribution in [1.82, 2.24) is 10.2 Å². The zero-order valence-corrected chi connectivity index (χ0v) is 17.8. The van der Waals surface area contributed by atoms with Crippen LogP contribution in [0, 0.1) is 6.92 Å². The fourth-order valence-electron chi connectivity index (χ4n) is 2.73. The van der Waals surface area contributed by atoms with E-state index in [-0.39, 0.29) is 16.0 Å². The molecule has 0 aliphatic rings. The molecule has 29 heavy (non-hydrogen) atoms. The van der Waals surface area contributed by atoms with Crippen LogP contribution in [-0.4, -0.2) is 38.2 Å². The highest BCUT2D eigenvalue weighted by molar-refractivity contribution is 7.94. The summed E-state index contributed by atoms with van der Waals surface area (Å²) in [6.07, 6.45) is 0.